The largest absolute Gasteiger partial charge is 0.289 e. The van der Waals surface area contributed by atoms with Gasteiger partial charge < -0.3 is 0 Å². The van der Waals surface area contributed by atoms with Gasteiger partial charge in [-0.05, 0) is 38.0 Å². The highest BCUT2D eigenvalue weighted by Gasteiger charge is 2.03. The summed E-state index contributed by atoms with van der Waals surface area (Å²) >= 11 is 0. The maximum Gasteiger partial charge on any atom is 0.187 e. The molecule has 0 N–H and O–H groups in total. The molecule has 0 aliphatic rings. The summed E-state index contributed by atoms with van der Waals surface area (Å²) in [5, 5.41) is 0. The molecule has 1 heterocycles. The third kappa shape index (κ3) is 2.52. The van der Waals surface area contributed by atoms with Crippen molar-refractivity contribution in [1.82, 2.24) is 4.98 Å². The maximum absolute atomic E-state index is 11.5. The van der Waals surface area contributed by atoms with Crippen LogP contribution in [0.4, 0.5) is 0 Å². The van der Waals surface area contributed by atoms with Crippen molar-refractivity contribution in [1.29, 1.82) is 0 Å². The lowest BCUT2D eigenvalue weighted by Crippen LogP contribution is -1.98. The average Bonchev–Trinajstić information content (AvgIpc) is 2.18. The van der Waals surface area contributed by atoms with Gasteiger partial charge in [-0.3, -0.25) is 9.78 Å². The predicted molar refractivity (Wildman–Crippen MR) is 57.5 cm³/mol. The third-order valence-electron chi connectivity index (χ3n) is 2.13. The summed E-state index contributed by atoms with van der Waals surface area (Å²) in [6.45, 7) is 5.90. The van der Waals surface area contributed by atoms with Crippen LogP contribution in [-0.2, 0) is 0 Å². The molecule has 0 aliphatic heterocycles. The van der Waals surface area contributed by atoms with E-state index in [4.69, 9.17) is 0 Å². The molecule has 0 fully saturated rings. The summed E-state index contributed by atoms with van der Waals surface area (Å²) in [6, 6.07) is 1.88. The molecule has 2 nitrogen and oxygen atoms in total. The Hall–Kier alpha value is -1.44. The topological polar surface area (TPSA) is 30.0 Å². The van der Waals surface area contributed by atoms with Gasteiger partial charge in [-0.25, -0.2) is 0 Å². The number of pyridine rings is 1. The van der Waals surface area contributed by atoms with Gasteiger partial charge in [0.2, 0.25) is 0 Å². The molecule has 0 saturated carbocycles. The van der Waals surface area contributed by atoms with Crippen LogP contribution in [-0.4, -0.2) is 10.8 Å². The fourth-order valence-electron chi connectivity index (χ4n) is 1.10. The van der Waals surface area contributed by atoms with E-state index < -0.39 is 0 Å². The number of aromatic nitrogens is 1. The van der Waals surface area contributed by atoms with Crippen LogP contribution >= 0.6 is 0 Å². The second-order valence-electron chi connectivity index (χ2n) is 3.30. The number of carbonyl (C=O) groups excluding carboxylic acids is 1. The van der Waals surface area contributed by atoms with Crippen LogP contribution in [0.1, 0.15) is 35.0 Å². The molecule has 0 aromatic carbocycles. The fourth-order valence-corrected chi connectivity index (χ4v) is 1.10. The lowest BCUT2D eigenvalue weighted by molar-refractivity contribution is 0.104. The molecule has 0 bridgehead atoms. The minimum atomic E-state index is 0.0300. The molecule has 0 amide bonds. The van der Waals surface area contributed by atoms with Crippen LogP contribution in [0, 0.1) is 13.8 Å². The van der Waals surface area contributed by atoms with Gasteiger partial charge in [0, 0.05) is 17.5 Å². The summed E-state index contributed by atoms with van der Waals surface area (Å²) in [7, 11) is 0. The standard InChI is InChI=1S/C12H15NO/c1-4-5-6-12(14)11-7-9(2)10(3)13-8-11/h5-8H,4H2,1-3H3/b6-5+. The zero-order valence-corrected chi connectivity index (χ0v) is 8.87. The molecule has 74 valence electrons. The highest BCUT2D eigenvalue weighted by molar-refractivity contribution is 6.04. The van der Waals surface area contributed by atoms with Gasteiger partial charge in [-0.1, -0.05) is 13.0 Å². The molecular weight excluding hydrogens is 174 g/mol. The zero-order valence-electron chi connectivity index (χ0n) is 8.87. The number of aryl methyl sites for hydroxylation is 2. The first-order valence-corrected chi connectivity index (χ1v) is 4.79. The number of allylic oxidation sites excluding steroid dienone is 2. The second-order valence-corrected chi connectivity index (χ2v) is 3.30. The number of hydrogen-bond donors (Lipinski definition) is 0. The Kier molecular flexibility index (Phi) is 3.57. The number of carbonyl (C=O) groups is 1. The molecule has 1 rings (SSSR count). The van der Waals surface area contributed by atoms with Crippen molar-refractivity contribution in [3.63, 3.8) is 0 Å². The van der Waals surface area contributed by atoms with Crippen molar-refractivity contribution in [2.24, 2.45) is 0 Å². The second kappa shape index (κ2) is 4.70. The summed E-state index contributed by atoms with van der Waals surface area (Å²) in [6.07, 6.45) is 5.97. The van der Waals surface area contributed by atoms with Gasteiger partial charge in [0.15, 0.2) is 5.78 Å². The third-order valence-corrected chi connectivity index (χ3v) is 2.13. The molecule has 0 atom stereocenters. The number of hydrogen-bond acceptors (Lipinski definition) is 2. The van der Waals surface area contributed by atoms with Gasteiger partial charge in [0.1, 0.15) is 0 Å². The van der Waals surface area contributed by atoms with Gasteiger partial charge in [-0.2, -0.15) is 0 Å². The summed E-state index contributed by atoms with van der Waals surface area (Å²) in [5.41, 5.74) is 2.69. The molecule has 1 aromatic rings. The molecule has 1 aromatic heterocycles. The van der Waals surface area contributed by atoms with Crippen molar-refractivity contribution in [2.75, 3.05) is 0 Å². The molecule has 0 saturated heterocycles. The highest BCUT2D eigenvalue weighted by Crippen LogP contribution is 2.07. The molecule has 14 heavy (non-hydrogen) atoms. The van der Waals surface area contributed by atoms with E-state index in [1.807, 2.05) is 32.9 Å². The van der Waals surface area contributed by atoms with Gasteiger partial charge in [-0.15, -0.1) is 0 Å². The van der Waals surface area contributed by atoms with Crippen LogP contribution in [0.15, 0.2) is 24.4 Å². The Bertz CT molecular complexity index is 367. The van der Waals surface area contributed by atoms with Crippen LogP contribution in [0.25, 0.3) is 0 Å². The zero-order chi connectivity index (χ0) is 10.6. The number of ketones is 1. The Morgan fingerprint density at radius 1 is 1.50 bits per heavy atom. The van der Waals surface area contributed by atoms with Crippen LogP contribution in [0.2, 0.25) is 0 Å². The number of nitrogens with zero attached hydrogens (tertiary/aromatic N) is 1. The fraction of sp³-hybridized carbons (Fsp3) is 0.333. The lowest BCUT2D eigenvalue weighted by Gasteiger charge is -2.00. The van der Waals surface area contributed by atoms with E-state index in [1.165, 1.54) is 0 Å². The molecule has 0 spiro atoms. The Labute approximate surface area is 84.7 Å². The van der Waals surface area contributed by atoms with Crippen molar-refractivity contribution in [3.05, 3.63) is 41.2 Å². The summed E-state index contributed by atoms with van der Waals surface area (Å²) in [4.78, 5) is 15.7. The smallest absolute Gasteiger partial charge is 0.187 e. The van der Waals surface area contributed by atoms with Crippen molar-refractivity contribution >= 4 is 5.78 Å². The highest BCUT2D eigenvalue weighted by atomic mass is 16.1. The first-order chi connectivity index (χ1) is 6.65. The first kappa shape index (κ1) is 10.6. The summed E-state index contributed by atoms with van der Waals surface area (Å²) < 4.78 is 0. The normalized spacial score (nSPS) is 10.8. The van der Waals surface area contributed by atoms with E-state index in [2.05, 4.69) is 4.98 Å². The Balaban J connectivity index is 2.91. The van der Waals surface area contributed by atoms with Crippen LogP contribution in [0.3, 0.4) is 0 Å². The Morgan fingerprint density at radius 2 is 2.21 bits per heavy atom. The van der Waals surface area contributed by atoms with Crippen molar-refractivity contribution < 1.29 is 4.79 Å². The van der Waals surface area contributed by atoms with Crippen LogP contribution in [0.5, 0.6) is 0 Å². The van der Waals surface area contributed by atoms with Gasteiger partial charge in [0.05, 0.1) is 0 Å². The quantitative estimate of drug-likeness (QED) is 0.540. The van der Waals surface area contributed by atoms with Crippen molar-refractivity contribution in [3.8, 4) is 0 Å². The number of rotatable bonds is 3. The van der Waals surface area contributed by atoms with Crippen LogP contribution < -0.4 is 0 Å². The monoisotopic (exact) mass is 189 g/mol. The van der Waals surface area contributed by atoms with Gasteiger partial charge >= 0.3 is 0 Å². The predicted octanol–water partition coefficient (Wildman–Crippen LogP) is 2.85. The first-order valence-electron chi connectivity index (χ1n) is 4.79. The minimum absolute atomic E-state index is 0.0300. The lowest BCUT2D eigenvalue weighted by atomic mass is 10.1. The van der Waals surface area contributed by atoms with E-state index >= 15 is 0 Å². The summed E-state index contributed by atoms with van der Waals surface area (Å²) in [5.74, 6) is 0.0300. The average molecular weight is 189 g/mol. The molecule has 0 radical (unpaired) electrons. The molecular formula is C12H15NO. The molecule has 0 unspecified atom stereocenters. The molecule has 0 aliphatic carbocycles. The van der Waals surface area contributed by atoms with E-state index in [-0.39, 0.29) is 5.78 Å². The van der Waals surface area contributed by atoms with E-state index in [9.17, 15) is 4.79 Å². The van der Waals surface area contributed by atoms with Gasteiger partial charge in [0.25, 0.3) is 0 Å². The molecule has 2 heteroatoms. The minimum Gasteiger partial charge on any atom is -0.289 e. The van der Waals surface area contributed by atoms with E-state index in [1.54, 1.807) is 12.3 Å². The SMILES string of the molecule is CC/C=C/C(=O)c1cnc(C)c(C)c1. The van der Waals surface area contributed by atoms with E-state index in [0.29, 0.717) is 5.56 Å². The van der Waals surface area contributed by atoms with Crippen molar-refractivity contribution in [2.45, 2.75) is 27.2 Å². The maximum atomic E-state index is 11.5. The van der Waals surface area contributed by atoms with E-state index in [0.717, 1.165) is 17.7 Å². The Morgan fingerprint density at radius 3 is 2.79 bits per heavy atom.